The quantitative estimate of drug-likeness (QED) is 0.681. The fourth-order valence-electron chi connectivity index (χ4n) is 1.61. The van der Waals surface area contributed by atoms with Gasteiger partial charge in [-0.1, -0.05) is 13.8 Å². The van der Waals surface area contributed by atoms with E-state index < -0.39 is 10.0 Å². The molecule has 7 nitrogen and oxygen atoms in total. The summed E-state index contributed by atoms with van der Waals surface area (Å²) in [6, 6.07) is 3.35. The molecule has 118 valence electrons. The summed E-state index contributed by atoms with van der Waals surface area (Å²) < 4.78 is 24.8. The minimum Gasteiger partial charge on any atom is -0.373 e. The van der Waals surface area contributed by atoms with Crippen LogP contribution in [0.3, 0.4) is 0 Å². The van der Waals surface area contributed by atoms with E-state index in [1.807, 2.05) is 13.8 Å². The molecule has 0 fully saturated rings. The normalized spacial score (nSPS) is 11.5. The molecule has 0 aliphatic heterocycles. The lowest BCUT2D eigenvalue weighted by Crippen LogP contribution is -2.33. The van der Waals surface area contributed by atoms with Crippen molar-refractivity contribution < 1.29 is 13.2 Å². The smallest absolute Gasteiger partial charge is 0.251 e. The summed E-state index contributed by atoms with van der Waals surface area (Å²) in [6.45, 7) is 4.03. The molecule has 0 saturated heterocycles. The van der Waals surface area contributed by atoms with Gasteiger partial charge in [0.25, 0.3) is 5.91 Å². The molecule has 1 aromatic heterocycles. The summed E-state index contributed by atoms with van der Waals surface area (Å²) in [5.41, 5.74) is 1.26. The minimum atomic E-state index is -3.32. The fourth-order valence-corrected chi connectivity index (χ4v) is 2.18. The number of nitrogens with one attached hydrogen (secondary N) is 3. The Kier molecular flexibility index (Phi) is 6.10. The summed E-state index contributed by atoms with van der Waals surface area (Å²) in [6.07, 6.45) is 0. The van der Waals surface area contributed by atoms with Crippen LogP contribution < -0.4 is 15.4 Å². The number of anilines is 1. The molecular weight excluding hydrogens is 292 g/mol. The molecule has 0 aromatic carbocycles. The molecule has 1 heterocycles. The van der Waals surface area contributed by atoms with Gasteiger partial charge in [-0.2, -0.15) is 0 Å². The van der Waals surface area contributed by atoms with Gasteiger partial charge in [-0.3, -0.25) is 4.79 Å². The Morgan fingerprint density at radius 3 is 2.48 bits per heavy atom. The largest absolute Gasteiger partial charge is 0.373 e. The predicted octanol–water partition coefficient (Wildman–Crippen LogP) is 0.526. The van der Waals surface area contributed by atoms with Crippen molar-refractivity contribution in [1.29, 1.82) is 0 Å². The van der Waals surface area contributed by atoms with Crippen LogP contribution in [0.15, 0.2) is 12.1 Å². The third kappa shape index (κ3) is 5.31. The first kappa shape index (κ1) is 17.4. The van der Waals surface area contributed by atoms with E-state index in [0.29, 0.717) is 11.4 Å². The molecule has 0 saturated carbocycles. The maximum Gasteiger partial charge on any atom is 0.251 e. The Balaban J connectivity index is 2.80. The van der Waals surface area contributed by atoms with E-state index in [9.17, 15) is 13.2 Å². The molecule has 3 N–H and O–H groups in total. The lowest BCUT2D eigenvalue weighted by molar-refractivity contribution is 0.0956. The molecular formula is C13H22N4O3S. The van der Waals surface area contributed by atoms with E-state index in [1.165, 1.54) is 7.05 Å². The van der Waals surface area contributed by atoms with Crippen molar-refractivity contribution in [3.05, 3.63) is 23.4 Å². The van der Waals surface area contributed by atoms with Crippen molar-refractivity contribution in [1.82, 2.24) is 15.0 Å². The van der Waals surface area contributed by atoms with Gasteiger partial charge < -0.3 is 10.6 Å². The monoisotopic (exact) mass is 314 g/mol. The highest BCUT2D eigenvalue weighted by atomic mass is 32.2. The number of hydrogen-bond donors (Lipinski definition) is 3. The molecule has 0 radical (unpaired) electrons. The molecule has 0 aliphatic carbocycles. The zero-order valence-electron chi connectivity index (χ0n) is 12.7. The van der Waals surface area contributed by atoms with Crippen LogP contribution in [0.5, 0.6) is 0 Å². The zero-order valence-corrected chi connectivity index (χ0v) is 13.5. The number of hydrogen-bond acceptors (Lipinski definition) is 5. The van der Waals surface area contributed by atoms with Crippen LogP contribution in [0, 0.1) is 0 Å². The highest BCUT2D eigenvalue weighted by Gasteiger charge is 2.13. The van der Waals surface area contributed by atoms with Gasteiger partial charge in [-0.15, -0.1) is 0 Å². The molecule has 1 rings (SSSR count). The minimum absolute atomic E-state index is 0.0518. The van der Waals surface area contributed by atoms with E-state index in [1.54, 1.807) is 19.2 Å². The Morgan fingerprint density at radius 2 is 1.95 bits per heavy atom. The first-order valence-corrected chi connectivity index (χ1v) is 8.33. The standard InChI is InChI=1S/C13H22N4O3S/c1-9(2)11-7-10(8-12(14-3)17-11)13(18)16-5-6-21(19,20)15-4/h7-9,15H,5-6H2,1-4H3,(H,14,17)(H,16,18). The van der Waals surface area contributed by atoms with E-state index >= 15 is 0 Å². The van der Waals surface area contributed by atoms with Gasteiger partial charge in [0.1, 0.15) is 5.82 Å². The Labute approximate surface area is 125 Å². The molecule has 0 atom stereocenters. The summed E-state index contributed by atoms with van der Waals surface area (Å²) in [5, 5.41) is 5.50. The van der Waals surface area contributed by atoms with Crippen LogP contribution >= 0.6 is 0 Å². The Morgan fingerprint density at radius 1 is 1.29 bits per heavy atom. The zero-order chi connectivity index (χ0) is 16.0. The molecule has 0 bridgehead atoms. The topological polar surface area (TPSA) is 100 Å². The molecule has 1 amide bonds. The van der Waals surface area contributed by atoms with Crippen LogP contribution in [0.25, 0.3) is 0 Å². The molecule has 8 heteroatoms. The second kappa shape index (κ2) is 7.37. The Bertz CT molecular complexity index is 599. The summed E-state index contributed by atoms with van der Waals surface area (Å²) >= 11 is 0. The van der Waals surface area contributed by atoms with Crippen molar-refractivity contribution in [3.63, 3.8) is 0 Å². The highest BCUT2D eigenvalue weighted by Crippen LogP contribution is 2.17. The molecule has 21 heavy (non-hydrogen) atoms. The first-order chi connectivity index (χ1) is 9.79. The van der Waals surface area contributed by atoms with Gasteiger partial charge in [0.15, 0.2) is 0 Å². The molecule has 0 spiro atoms. The van der Waals surface area contributed by atoms with Crippen LogP contribution in [-0.4, -0.2) is 45.7 Å². The van der Waals surface area contributed by atoms with Crippen LogP contribution in [0.4, 0.5) is 5.82 Å². The van der Waals surface area contributed by atoms with Crippen molar-refractivity contribution >= 4 is 21.7 Å². The van der Waals surface area contributed by atoms with Gasteiger partial charge in [0.2, 0.25) is 10.0 Å². The Hall–Kier alpha value is -1.67. The number of carbonyl (C=O) groups excluding carboxylic acids is 1. The SMILES string of the molecule is CNc1cc(C(=O)NCCS(=O)(=O)NC)cc(C(C)C)n1. The third-order valence-electron chi connectivity index (χ3n) is 2.92. The van der Waals surface area contributed by atoms with Gasteiger partial charge in [-0.05, 0) is 25.1 Å². The summed E-state index contributed by atoms with van der Waals surface area (Å²) in [5.74, 6) is 0.321. The van der Waals surface area contributed by atoms with Crippen molar-refractivity contribution in [3.8, 4) is 0 Å². The number of amides is 1. The van der Waals surface area contributed by atoms with E-state index in [0.717, 1.165) is 5.69 Å². The lowest BCUT2D eigenvalue weighted by Gasteiger charge is -2.11. The summed E-state index contributed by atoms with van der Waals surface area (Å²) in [7, 11) is -0.250. The van der Waals surface area contributed by atoms with Crippen molar-refractivity contribution in [2.24, 2.45) is 0 Å². The third-order valence-corrected chi connectivity index (χ3v) is 4.29. The maximum atomic E-state index is 12.1. The average molecular weight is 314 g/mol. The summed E-state index contributed by atoms with van der Waals surface area (Å²) in [4.78, 5) is 16.4. The van der Waals surface area contributed by atoms with Crippen LogP contribution in [-0.2, 0) is 10.0 Å². The molecule has 0 unspecified atom stereocenters. The van der Waals surface area contributed by atoms with Crippen molar-refractivity contribution in [2.75, 3.05) is 31.7 Å². The highest BCUT2D eigenvalue weighted by molar-refractivity contribution is 7.89. The molecule has 0 aliphatic rings. The predicted molar refractivity (Wildman–Crippen MR) is 83.1 cm³/mol. The van der Waals surface area contributed by atoms with E-state index in [4.69, 9.17) is 0 Å². The average Bonchev–Trinajstić information content (AvgIpc) is 2.46. The van der Waals surface area contributed by atoms with Crippen molar-refractivity contribution in [2.45, 2.75) is 19.8 Å². The van der Waals surface area contributed by atoms with Gasteiger partial charge in [0, 0.05) is 24.8 Å². The first-order valence-electron chi connectivity index (χ1n) is 6.68. The van der Waals surface area contributed by atoms with Crippen LogP contribution in [0.2, 0.25) is 0 Å². The number of carbonyl (C=O) groups is 1. The number of rotatable bonds is 7. The van der Waals surface area contributed by atoms with Gasteiger partial charge in [0.05, 0.1) is 5.75 Å². The van der Waals surface area contributed by atoms with Gasteiger partial charge in [-0.25, -0.2) is 18.1 Å². The number of aromatic nitrogens is 1. The lowest BCUT2D eigenvalue weighted by atomic mass is 10.1. The maximum absolute atomic E-state index is 12.1. The second-order valence-electron chi connectivity index (χ2n) is 4.85. The van der Waals surface area contributed by atoms with E-state index in [-0.39, 0.29) is 24.1 Å². The molecule has 1 aromatic rings. The fraction of sp³-hybridized carbons (Fsp3) is 0.538. The second-order valence-corrected chi connectivity index (χ2v) is 6.90. The van der Waals surface area contributed by atoms with Gasteiger partial charge >= 0.3 is 0 Å². The number of sulfonamides is 1. The number of pyridine rings is 1. The van der Waals surface area contributed by atoms with Crippen LogP contribution in [0.1, 0.15) is 35.8 Å². The van der Waals surface area contributed by atoms with E-state index in [2.05, 4.69) is 20.3 Å². The number of nitrogens with zero attached hydrogens (tertiary/aromatic N) is 1.